The van der Waals surface area contributed by atoms with Crippen LogP contribution < -0.4 is 25.8 Å². The van der Waals surface area contributed by atoms with Crippen molar-refractivity contribution in [2.75, 3.05) is 32.7 Å². The van der Waals surface area contributed by atoms with E-state index in [1.54, 1.807) is 55.1 Å². The summed E-state index contributed by atoms with van der Waals surface area (Å²) in [5, 5.41) is 14.0. The number of H-pyrrole nitrogens is 1. The Kier molecular flexibility index (Phi) is 11.9. The van der Waals surface area contributed by atoms with Gasteiger partial charge in [-0.05, 0) is 32.1 Å². The number of pyridine rings is 1. The number of aromatic amines is 1. The first kappa shape index (κ1) is 29.7. The van der Waals surface area contributed by atoms with Crippen molar-refractivity contribution in [1.29, 1.82) is 0 Å². The van der Waals surface area contributed by atoms with Crippen LogP contribution in [0.15, 0.2) is 47.0 Å². The summed E-state index contributed by atoms with van der Waals surface area (Å²) < 4.78 is 27.2. The van der Waals surface area contributed by atoms with E-state index in [0.29, 0.717) is 43.2 Å². The average molecular weight is 537 g/mol. The summed E-state index contributed by atoms with van der Waals surface area (Å²) in [6.45, 7) is 8.67. The molecule has 0 aromatic carbocycles. The standard InChI is InChI=1S/C24H30ClFN7O2.CH3F/c1-5-20-18(12-16(2)25)21(31-30-20)15-27-9-11-32-17(3)13-28-23(24(32)34)29-14-19(26)22-8-6-7-10-33(22)35-4;1-2/h5-8,10,12-13,19,27H,1,9,11,14-15H2,2-4H3,(H,28,29)(H,30,31);1H3/q+1;/b16-12+;. The molecular weight excluding hydrogens is 504 g/mol. The van der Waals surface area contributed by atoms with Gasteiger partial charge in [-0.25, -0.2) is 9.37 Å². The van der Waals surface area contributed by atoms with Crippen LogP contribution in [0, 0.1) is 6.92 Å². The first-order valence-electron chi connectivity index (χ1n) is 11.5. The fourth-order valence-electron chi connectivity index (χ4n) is 3.57. The van der Waals surface area contributed by atoms with Crippen LogP contribution in [0.25, 0.3) is 12.2 Å². The van der Waals surface area contributed by atoms with Crippen molar-refractivity contribution in [2.24, 2.45) is 0 Å². The Morgan fingerprint density at radius 1 is 1.41 bits per heavy atom. The van der Waals surface area contributed by atoms with E-state index in [1.807, 2.05) is 6.08 Å². The molecule has 0 spiro atoms. The maximum absolute atomic E-state index is 14.8. The molecule has 0 radical (unpaired) electrons. The van der Waals surface area contributed by atoms with E-state index in [-0.39, 0.29) is 17.9 Å². The fourth-order valence-corrected chi connectivity index (χ4v) is 3.68. The minimum Gasteiger partial charge on any atom is -0.362 e. The molecule has 3 aromatic heterocycles. The highest BCUT2D eigenvalue weighted by atomic mass is 35.5. The van der Waals surface area contributed by atoms with Gasteiger partial charge in [-0.1, -0.05) is 18.2 Å². The highest BCUT2D eigenvalue weighted by Crippen LogP contribution is 2.18. The van der Waals surface area contributed by atoms with Crippen LogP contribution in [0.2, 0.25) is 0 Å². The Balaban J connectivity index is 0.00000235. The molecule has 3 aromatic rings. The Hall–Kier alpha value is -3.57. The molecule has 0 amide bonds. The number of anilines is 1. The molecule has 12 heteroatoms. The van der Waals surface area contributed by atoms with Gasteiger partial charge in [0, 0.05) is 59.0 Å². The second-order valence-electron chi connectivity index (χ2n) is 7.80. The molecule has 0 bridgehead atoms. The van der Waals surface area contributed by atoms with E-state index in [9.17, 15) is 13.6 Å². The number of alkyl halides is 2. The summed E-state index contributed by atoms with van der Waals surface area (Å²) in [5.41, 5.74) is 3.18. The van der Waals surface area contributed by atoms with E-state index < -0.39 is 6.17 Å². The second kappa shape index (κ2) is 14.9. The number of hydrogen-bond acceptors (Lipinski definition) is 6. The molecule has 0 aliphatic carbocycles. The summed E-state index contributed by atoms with van der Waals surface area (Å²) in [6.07, 6.45) is 5.30. The Morgan fingerprint density at radius 3 is 2.84 bits per heavy atom. The van der Waals surface area contributed by atoms with Crippen molar-refractivity contribution < 1.29 is 18.3 Å². The lowest BCUT2D eigenvalue weighted by molar-refractivity contribution is -0.892. The maximum Gasteiger partial charge on any atom is 0.293 e. The van der Waals surface area contributed by atoms with Crippen LogP contribution in [0.5, 0.6) is 0 Å². The highest BCUT2D eigenvalue weighted by Gasteiger charge is 2.23. The third kappa shape index (κ3) is 7.96. The summed E-state index contributed by atoms with van der Waals surface area (Å²) in [5.74, 6) is 0.0901. The predicted octanol–water partition coefficient (Wildman–Crippen LogP) is 3.36. The summed E-state index contributed by atoms with van der Waals surface area (Å²) in [7, 11) is 1.96. The monoisotopic (exact) mass is 536 g/mol. The zero-order valence-corrected chi connectivity index (χ0v) is 22.1. The third-order valence-corrected chi connectivity index (χ3v) is 5.45. The van der Waals surface area contributed by atoms with Crippen LogP contribution in [-0.4, -0.2) is 47.1 Å². The molecule has 0 fully saturated rings. The molecule has 1 atom stereocenters. The van der Waals surface area contributed by atoms with Crippen molar-refractivity contribution in [3.05, 3.63) is 80.9 Å². The molecule has 3 rings (SSSR count). The van der Waals surface area contributed by atoms with Crippen molar-refractivity contribution >= 4 is 29.6 Å². The minimum atomic E-state index is -1.40. The number of nitrogens with one attached hydrogen (secondary N) is 3. The molecule has 200 valence electrons. The number of hydrogen-bond donors (Lipinski definition) is 3. The van der Waals surface area contributed by atoms with Gasteiger partial charge in [0.2, 0.25) is 12.4 Å². The molecule has 0 saturated heterocycles. The first-order valence-corrected chi connectivity index (χ1v) is 11.8. The second-order valence-corrected chi connectivity index (χ2v) is 8.40. The average Bonchev–Trinajstić information content (AvgIpc) is 3.29. The van der Waals surface area contributed by atoms with E-state index in [2.05, 4.69) is 32.4 Å². The van der Waals surface area contributed by atoms with Gasteiger partial charge in [0.05, 0.1) is 25.1 Å². The van der Waals surface area contributed by atoms with Crippen LogP contribution in [0.4, 0.5) is 14.6 Å². The molecule has 3 N–H and O–H groups in total. The minimum absolute atomic E-state index is 0.0901. The van der Waals surface area contributed by atoms with E-state index in [0.717, 1.165) is 17.0 Å². The lowest BCUT2D eigenvalue weighted by atomic mass is 10.1. The third-order valence-electron chi connectivity index (χ3n) is 5.34. The van der Waals surface area contributed by atoms with Crippen molar-refractivity contribution in [3.8, 4) is 0 Å². The number of allylic oxidation sites excluding steroid dienone is 1. The number of rotatable bonds is 12. The predicted molar refractivity (Wildman–Crippen MR) is 142 cm³/mol. The van der Waals surface area contributed by atoms with Crippen LogP contribution in [0.3, 0.4) is 0 Å². The Bertz CT molecular complexity index is 1260. The van der Waals surface area contributed by atoms with E-state index >= 15 is 0 Å². The molecule has 0 saturated carbocycles. The topological polar surface area (TPSA) is 101 Å². The molecule has 1 unspecified atom stereocenters. The van der Waals surface area contributed by atoms with Crippen molar-refractivity contribution in [2.45, 2.75) is 33.1 Å². The van der Waals surface area contributed by atoms with Gasteiger partial charge in [-0.15, -0.1) is 0 Å². The molecule has 37 heavy (non-hydrogen) atoms. The first-order chi connectivity index (χ1) is 17.8. The largest absolute Gasteiger partial charge is 0.362 e. The number of nitrogens with zero attached hydrogens (tertiary/aromatic N) is 4. The normalized spacial score (nSPS) is 11.9. The Labute approximate surface area is 219 Å². The maximum atomic E-state index is 14.8. The van der Waals surface area contributed by atoms with Gasteiger partial charge < -0.3 is 15.2 Å². The van der Waals surface area contributed by atoms with E-state index in [1.165, 1.54) is 11.8 Å². The number of aryl methyl sites for hydroxylation is 1. The summed E-state index contributed by atoms with van der Waals surface area (Å²) in [6, 6.07) is 5.08. The quantitative estimate of drug-likeness (QED) is 0.242. The summed E-state index contributed by atoms with van der Waals surface area (Å²) >= 11 is 6.04. The molecule has 9 nitrogen and oxygen atoms in total. The lowest BCUT2D eigenvalue weighted by Crippen LogP contribution is -2.45. The molecule has 0 aliphatic heterocycles. The zero-order valence-electron chi connectivity index (χ0n) is 21.4. The van der Waals surface area contributed by atoms with Gasteiger partial charge in [0.1, 0.15) is 7.11 Å². The van der Waals surface area contributed by atoms with Gasteiger partial charge >= 0.3 is 0 Å². The molecule has 3 heterocycles. The summed E-state index contributed by atoms with van der Waals surface area (Å²) in [4.78, 5) is 22.3. The van der Waals surface area contributed by atoms with Gasteiger partial charge in [-0.2, -0.15) is 5.10 Å². The van der Waals surface area contributed by atoms with Crippen LogP contribution in [-0.2, 0) is 13.1 Å². The van der Waals surface area contributed by atoms with E-state index in [4.69, 9.17) is 16.4 Å². The number of aromatic nitrogens is 5. The van der Waals surface area contributed by atoms with Gasteiger partial charge in [0.15, 0.2) is 5.82 Å². The van der Waals surface area contributed by atoms with Crippen molar-refractivity contribution in [3.63, 3.8) is 0 Å². The SMILES string of the molecule is C=Cc1n[nH]c(CNCCn2c(C)cnc(NCC(F)c3cccc[n+]3OC)c2=O)c1/C=C(\C)Cl.CF. The lowest BCUT2D eigenvalue weighted by Gasteiger charge is -2.13. The fraction of sp³-hybridized carbons (Fsp3) is 0.360. The van der Waals surface area contributed by atoms with Crippen LogP contribution >= 0.6 is 11.6 Å². The molecular formula is C25H33ClF2N7O2+. The molecule has 0 aliphatic rings. The van der Waals surface area contributed by atoms with Gasteiger partial charge in [-0.3, -0.25) is 19.1 Å². The van der Waals surface area contributed by atoms with Gasteiger partial charge in [0.25, 0.3) is 11.3 Å². The zero-order chi connectivity index (χ0) is 27.4. The smallest absolute Gasteiger partial charge is 0.293 e. The number of halogens is 3. The van der Waals surface area contributed by atoms with Crippen molar-refractivity contribution in [1.82, 2.24) is 25.1 Å². The highest BCUT2D eigenvalue weighted by molar-refractivity contribution is 6.31. The van der Waals surface area contributed by atoms with Crippen LogP contribution in [0.1, 0.15) is 41.4 Å². The Morgan fingerprint density at radius 2 is 2.16 bits per heavy atom.